The van der Waals surface area contributed by atoms with Gasteiger partial charge in [0.15, 0.2) is 0 Å². The highest BCUT2D eigenvalue weighted by Crippen LogP contribution is 2.63. The van der Waals surface area contributed by atoms with E-state index in [9.17, 15) is 0 Å². The third-order valence-corrected chi connectivity index (χ3v) is 13.2. The van der Waals surface area contributed by atoms with Crippen LogP contribution in [0.1, 0.15) is 22.3 Å². The van der Waals surface area contributed by atoms with Crippen LogP contribution in [0.25, 0.3) is 71.3 Å². The van der Waals surface area contributed by atoms with Gasteiger partial charge in [-0.15, -0.1) is 0 Å². The van der Waals surface area contributed by atoms with E-state index in [-0.39, 0.29) is 0 Å². The van der Waals surface area contributed by atoms with Crippen molar-refractivity contribution in [3.63, 3.8) is 0 Å². The first-order chi connectivity index (χ1) is 29.3. The predicted octanol–water partition coefficient (Wildman–Crippen LogP) is 14.9. The summed E-state index contributed by atoms with van der Waals surface area (Å²) in [7, 11) is 0. The molecule has 0 radical (unpaired) electrons. The number of hydrogen-bond donors (Lipinski definition) is 0. The lowest BCUT2D eigenvalue weighted by atomic mass is 9.70. The molecular weight excluding hydrogens is 713 g/mol. The summed E-state index contributed by atoms with van der Waals surface area (Å²) in [6.45, 7) is 0. The number of anilines is 3. The van der Waals surface area contributed by atoms with Crippen molar-refractivity contribution in [3.05, 3.63) is 241 Å². The third kappa shape index (κ3) is 4.30. The quantitative estimate of drug-likeness (QED) is 0.163. The number of aromatic nitrogens is 1. The van der Waals surface area contributed by atoms with Crippen LogP contribution in [0, 0.1) is 0 Å². The molecule has 10 aromatic carbocycles. The van der Waals surface area contributed by atoms with Crippen molar-refractivity contribution >= 4 is 60.4 Å². The molecule has 0 saturated carbocycles. The predicted molar refractivity (Wildman–Crippen MR) is 247 cm³/mol. The Kier molecular flexibility index (Phi) is 6.68. The van der Waals surface area contributed by atoms with E-state index in [1.54, 1.807) is 0 Å². The van der Waals surface area contributed by atoms with Crippen LogP contribution in [0.4, 0.5) is 17.1 Å². The topological polar surface area (TPSA) is 8.17 Å². The highest BCUT2D eigenvalue weighted by Gasteiger charge is 2.51. The number of benzene rings is 10. The minimum absolute atomic E-state index is 0.402. The maximum absolute atomic E-state index is 2.54. The molecule has 0 N–H and O–H groups in total. The molecule has 2 nitrogen and oxygen atoms in total. The Labute approximate surface area is 342 Å². The first kappa shape index (κ1) is 32.4. The molecule has 11 aromatic rings. The summed E-state index contributed by atoms with van der Waals surface area (Å²) in [4.78, 5) is 2.54. The summed E-state index contributed by atoms with van der Waals surface area (Å²) in [6, 6.07) is 81.1. The van der Waals surface area contributed by atoms with E-state index in [1.807, 2.05) is 0 Å². The van der Waals surface area contributed by atoms with Gasteiger partial charge in [-0.05, 0) is 109 Å². The Bertz CT molecular complexity index is 3470. The molecule has 2 aliphatic rings. The smallest absolute Gasteiger partial charge is 0.0725 e. The van der Waals surface area contributed by atoms with Gasteiger partial charge in [0.2, 0.25) is 0 Å². The Morgan fingerprint density at radius 1 is 0.339 bits per heavy atom. The van der Waals surface area contributed by atoms with Crippen LogP contribution in [0.5, 0.6) is 0 Å². The van der Waals surface area contributed by atoms with Crippen LogP contribution in [-0.4, -0.2) is 4.57 Å². The van der Waals surface area contributed by atoms with Gasteiger partial charge in [0.25, 0.3) is 0 Å². The fourth-order valence-corrected chi connectivity index (χ4v) is 10.9. The normalized spacial score (nSPS) is 13.2. The largest absolute Gasteiger partial charge is 0.309 e. The maximum atomic E-state index is 2.54. The van der Waals surface area contributed by atoms with Gasteiger partial charge >= 0.3 is 0 Å². The minimum Gasteiger partial charge on any atom is -0.309 e. The molecule has 1 heterocycles. The Balaban J connectivity index is 1.15. The molecule has 0 aliphatic heterocycles. The summed E-state index contributed by atoms with van der Waals surface area (Å²) >= 11 is 0. The molecule has 59 heavy (non-hydrogen) atoms. The van der Waals surface area contributed by atoms with E-state index in [0.717, 1.165) is 22.7 Å². The van der Waals surface area contributed by atoms with Crippen LogP contribution in [0.15, 0.2) is 218 Å². The number of hydrogen-bond acceptors (Lipinski definition) is 1. The van der Waals surface area contributed by atoms with E-state index in [0.29, 0.717) is 0 Å². The molecule has 2 aliphatic carbocycles. The molecule has 1 spiro atoms. The third-order valence-electron chi connectivity index (χ3n) is 13.2. The number of para-hydroxylation sites is 2. The van der Waals surface area contributed by atoms with Gasteiger partial charge in [-0.3, -0.25) is 0 Å². The van der Waals surface area contributed by atoms with Gasteiger partial charge < -0.3 is 9.47 Å². The first-order valence-electron chi connectivity index (χ1n) is 20.5. The van der Waals surface area contributed by atoms with Crippen molar-refractivity contribution in [3.8, 4) is 27.9 Å². The fourth-order valence-electron chi connectivity index (χ4n) is 10.9. The molecule has 1 aromatic heterocycles. The second-order valence-corrected chi connectivity index (χ2v) is 16.0. The van der Waals surface area contributed by atoms with Gasteiger partial charge in [0.1, 0.15) is 0 Å². The van der Waals surface area contributed by atoms with Crippen LogP contribution < -0.4 is 4.90 Å². The van der Waals surface area contributed by atoms with Crippen molar-refractivity contribution < 1.29 is 0 Å². The summed E-state index contributed by atoms with van der Waals surface area (Å²) in [5.74, 6) is 0. The first-order valence-corrected chi connectivity index (χ1v) is 20.5. The van der Waals surface area contributed by atoms with Crippen molar-refractivity contribution in [1.82, 2.24) is 4.57 Å². The van der Waals surface area contributed by atoms with Gasteiger partial charge in [0.05, 0.1) is 27.8 Å². The van der Waals surface area contributed by atoms with E-state index in [2.05, 4.69) is 228 Å². The lowest BCUT2D eigenvalue weighted by Gasteiger charge is -2.31. The van der Waals surface area contributed by atoms with Crippen LogP contribution in [0.2, 0.25) is 0 Å². The second-order valence-electron chi connectivity index (χ2n) is 16.0. The highest BCUT2D eigenvalue weighted by molar-refractivity contribution is 6.20. The van der Waals surface area contributed by atoms with Crippen molar-refractivity contribution in [2.45, 2.75) is 5.41 Å². The zero-order valence-electron chi connectivity index (χ0n) is 32.2. The molecule has 0 bridgehead atoms. The summed E-state index contributed by atoms with van der Waals surface area (Å²) in [6.07, 6.45) is 0. The van der Waals surface area contributed by atoms with E-state index in [4.69, 9.17) is 0 Å². The van der Waals surface area contributed by atoms with Gasteiger partial charge in [-0.2, -0.15) is 0 Å². The lowest BCUT2D eigenvalue weighted by Crippen LogP contribution is -2.25. The van der Waals surface area contributed by atoms with Crippen LogP contribution in [0.3, 0.4) is 0 Å². The second kappa shape index (κ2) is 12.2. The highest BCUT2D eigenvalue weighted by atomic mass is 15.1. The fraction of sp³-hybridized carbons (Fsp3) is 0.0175. The summed E-state index contributed by atoms with van der Waals surface area (Å²) < 4.78 is 2.42. The zero-order chi connectivity index (χ0) is 38.7. The molecule has 0 fully saturated rings. The monoisotopic (exact) mass is 748 g/mol. The van der Waals surface area contributed by atoms with Crippen LogP contribution in [-0.2, 0) is 5.41 Å². The van der Waals surface area contributed by atoms with Crippen molar-refractivity contribution in [2.24, 2.45) is 0 Å². The summed E-state index contributed by atoms with van der Waals surface area (Å²) in [5, 5.41) is 7.38. The molecule has 0 atom stereocenters. The van der Waals surface area contributed by atoms with Crippen LogP contribution >= 0.6 is 0 Å². The Morgan fingerprint density at radius 3 is 1.61 bits per heavy atom. The molecular formula is C57H36N2. The minimum atomic E-state index is -0.402. The average molecular weight is 749 g/mol. The molecule has 0 amide bonds. The molecule has 13 rings (SSSR count). The van der Waals surface area contributed by atoms with E-state index >= 15 is 0 Å². The standard InChI is InChI=1S/C57H36N2/c1-2-18-38(19-3-1)58-52-30-15-11-26-46(52)56-53(58)31-16-32-54(56)59(55-35-37-17-4-5-20-40(37)41-21-6-7-25-45(41)55)39-33-34-51-47(36-39)44-24-10-14-29-50(44)57(51)48-27-12-8-22-42(48)43-23-9-13-28-49(43)57/h1-36H. The van der Waals surface area contributed by atoms with Crippen molar-refractivity contribution in [2.75, 3.05) is 4.90 Å². The van der Waals surface area contributed by atoms with E-state index < -0.39 is 5.41 Å². The Morgan fingerprint density at radius 2 is 0.881 bits per heavy atom. The number of fused-ring (bicyclic) bond motifs is 16. The molecule has 0 unspecified atom stereocenters. The summed E-state index contributed by atoms with van der Waals surface area (Å²) in [5.41, 5.74) is 17.1. The molecule has 274 valence electrons. The Hall–Kier alpha value is -7.68. The zero-order valence-corrected chi connectivity index (χ0v) is 32.2. The van der Waals surface area contributed by atoms with Crippen molar-refractivity contribution in [1.29, 1.82) is 0 Å². The number of rotatable bonds is 4. The lowest BCUT2D eigenvalue weighted by molar-refractivity contribution is 0.794. The average Bonchev–Trinajstić information content (AvgIpc) is 3.92. The van der Waals surface area contributed by atoms with Gasteiger partial charge in [-0.25, -0.2) is 0 Å². The van der Waals surface area contributed by atoms with Gasteiger partial charge in [-0.1, -0.05) is 170 Å². The SMILES string of the molecule is c1ccc(-n2c3ccccc3c3c(N(c4ccc5c(c4)-c4ccccc4C54c5ccccc5-c5ccccc54)c4cc5ccccc5c5ccccc45)cccc32)cc1. The van der Waals surface area contributed by atoms with E-state index in [1.165, 1.54) is 87.9 Å². The van der Waals surface area contributed by atoms with Gasteiger partial charge in [0, 0.05) is 27.5 Å². The maximum Gasteiger partial charge on any atom is 0.0725 e. The molecule has 2 heteroatoms. The number of nitrogens with zero attached hydrogens (tertiary/aromatic N) is 2. The molecule has 0 saturated heterocycles.